The molecule has 0 N–H and O–H groups in total. The molecule has 2 rings (SSSR count). The summed E-state index contributed by atoms with van der Waals surface area (Å²) in [5.41, 5.74) is 2.46. The Hall–Kier alpha value is -1.49. The van der Waals surface area contributed by atoms with Crippen LogP contribution in [0.1, 0.15) is 5.69 Å². The number of aromatic nitrogens is 2. The lowest BCUT2D eigenvalue weighted by Gasteiger charge is -1.89. The lowest BCUT2D eigenvalue weighted by atomic mass is 10.4. The second-order valence-corrected chi connectivity index (χ2v) is 2.91. The minimum Gasteiger partial charge on any atom is -0.388 e. The third kappa shape index (κ3) is 0.947. The Labute approximate surface area is 71.2 Å². The molecule has 0 aliphatic heterocycles. The van der Waals surface area contributed by atoms with Crippen molar-refractivity contribution in [2.75, 3.05) is 0 Å². The van der Waals surface area contributed by atoms with Crippen molar-refractivity contribution in [2.45, 2.75) is 0 Å². The summed E-state index contributed by atoms with van der Waals surface area (Å²) in [5, 5.41) is 0. The van der Waals surface area contributed by atoms with Crippen LogP contribution in [0.25, 0.3) is 16.5 Å². The van der Waals surface area contributed by atoms with Crippen molar-refractivity contribution in [2.24, 2.45) is 0 Å². The van der Waals surface area contributed by atoms with E-state index in [0.29, 0.717) is 11.4 Å². The molecule has 0 fully saturated rings. The van der Waals surface area contributed by atoms with Gasteiger partial charge in [0.25, 0.3) is 0 Å². The zero-order valence-corrected chi connectivity index (χ0v) is 6.80. The second-order valence-electron chi connectivity index (χ2n) is 2.06. The predicted octanol–water partition coefficient (Wildman–Crippen LogP) is 1.29. The van der Waals surface area contributed by atoms with Gasteiger partial charge in [-0.25, -0.2) is 9.78 Å². The number of nitrogens with zero attached hydrogens (tertiary/aromatic N) is 2. The molecule has 0 amide bonds. The van der Waals surface area contributed by atoms with Gasteiger partial charge in [-0.2, -0.15) is 4.98 Å². The lowest BCUT2D eigenvalue weighted by molar-refractivity contribution is 0.522. The van der Waals surface area contributed by atoms with Crippen molar-refractivity contribution >= 4 is 27.8 Å². The third-order valence-corrected chi connectivity index (χ3v) is 2.19. The van der Waals surface area contributed by atoms with Gasteiger partial charge in [-0.3, -0.25) is 0 Å². The van der Waals surface area contributed by atoms with Crippen LogP contribution in [0.2, 0.25) is 0 Å². The molecular weight excluding hydrogens is 176 g/mol. The van der Waals surface area contributed by atoms with Gasteiger partial charge >= 0.3 is 5.76 Å². The molecule has 60 valence electrons. The maximum absolute atomic E-state index is 10.8. The van der Waals surface area contributed by atoms with Crippen LogP contribution in [0.3, 0.4) is 0 Å². The van der Waals surface area contributed by atoms with Crippen LogP contribution < -0.4 is 5.76 Å². The molecule has 0 bridgehead atoms. The first-order chi connectivity index (χ1) is 5.81. The maximum Gasteiger partial charge on any atom is 0.441 e. The summed E-state index contributed by atoms with van der Waals surface area (Å²) in [6, 6.07) is 0. The van der Waals surface area contributed by atoms with Crippen molar-refractivity contribution in [3.63, 3.8) is 0 Å². The molecule has 0 aliphatic rings. The minimum absolute atomic E-state index is 0.329. The molecule has 0 aromatic carbocycles. The summed E-state index contributed by atoms with van der Waals surface area (Å²) in [6.45, 7) is 3.54. The van der Waals surface area contributed by atoms with Crippen LogP contribution in [-0.2, 0) is 0 Å². The van der Waals surface area contributed by atoms with Crippen molar-refractivity contribution in [1.29, 1.82) is 0 Å². The first kappa shape index (κ1) is 7.17. The fourth-order valence-electron chi connectivity index (χ4n) is 0.872. The van der Waals surface area contributed by atoms with Gasteiger partial charge in [-0.05, 0) is 6.08 Å². The Balaban J connectivity index is 2.98. The fraction of sp³-hybridized carbons (Fsp3) is 0. The first-order valence-corrected chi connectivity index (χ1v) is 4.06. The monoisotopic (exact) mass is 180 g/mol. The van der Waals surface area contributed by atoms with Gasteiger partial charge in [0.2, 0.25) is 5.71 Å². The molecule has 4 nitrogen and oxygen atoms in total. The summed E-state index contributed by atoms with van der Waals surface area (Å²) in [6.07, 6.45) is 1.51. The summed E-state index contributed by atoms with van der Waals surface area (Å²) in [5.74, 6) is -0.636. The molecule has 2 aromatic heterocycles. The molecule has 2 aromatic rings. The molecule has 0 unspecified atom stereocenters. The summed E-state index contributed by atoms with van der Waals surface area (Å²) >= 11 is 1.37. The van der Waals surface area contributed by atoms with E-state index in [2.05, 4.69) is 16.5 Å². The van der Waals surface area contributed by atoms with Crippen LogP contribution in [-0.4, -0.2) is 9.97 Å². The van der Waals surface area contributed by atoms with Crippen LogP contribution in [0.4, 0.5) is 0 Å². The Kier molecular flexibility index (Phi) is 1.51. The van der Waals surface area contributed by atoms with E-state index in [4.69, 9.17) is 4.42 Å². The van der Waals surface area contributed by atoms with E-state index in [-0.39, 0.29) is 0 Å². The molecule has 0 spiro atoms. The van der Waals surface area contributed by atoms with E-state index in [0.717, 1.165) is 4.70 Å². The van der Waals surface area contributed by atoms with E-state index >= 15 is 0 Å². The van der Waals surface area contributed by atoms with Crippen molar-refractivity contribution in [3.8, 4) is 0 Å². The van der Waals surface area contributed by atoms with Crippen LogP contribution in [0.15, 0.2) is 21.3 Å². The first-order valence-electron chi connectivity index (χ1n) is 3.18. The number of hydrogen-bond donors (Lipinski definition) is 0. The molecule has 12 heavy (non-hydrogen) atoms. The number of rotatable bonds is 1. The normalized spacial score (nSPS) is 10.3. The second kappa shape index (κ2) is 2.53. The smallest absolute Gasteiger partial charge is 0.388 e. The van der Waals surface area contributed by atoms with E-state index in [1.165, 1.54) is 17.4 Å². The average Bonchev–Trinajstić information content (AvgIpc) is 2.50. The van der Waals surface area contributed by atoms with Gasteiger partial charge in [0, 0.05) is 0 Å². The quantitative estimate of drug-likeness (QED) is 0.663. The molecule has 0 atom stereocenters. The van der Waals surface area contributed by atoms with Crippen LogP contribution in [0, 0.1) is 0 Å². The van der Waals surface area contributed by atoms with Gasteiger partial charge in [-0.1, -0.05) is 6.58 Å². The van der Waals surface area contributed by atoms with Crippen molar-refractivity contribution in [3.05, 3.63) is 28.3 Å². The Morgan fingerprint density at radius 2 is 2.50 bits per heavy atom. The highest BCUT2D eigenvalue weighted by molar-refractivity contribution is 7.16. The van der Waals surface area contributed by atoms with E-state index in [1.807, 2.05) is 0 Å². The Morgan fingerprint density at radius 1 is 1.67 bits per heavy atom. The highest BCUT2D eigenvalue weighted by Gasteiger charge is 2.05. The zero-order valence-electron chi connectivity index (χ0n) is 5.98. The highest BCUT2D eigenvalue weighted by Crippen LogP contribution is 2.18. The standard InChI is InChI=1S/C7H4N2O2S/c1-2-4-5-6(8-3-12-5)11-7(10)9-4/h2-3H,1H2. The zero-order chi connectivity index (χ0) is 8.55. The molecule has 5 heteroatoms. The average molecular weight is 180 g/mol. The number of thiazole rings is 1. The molecule has 0 saturated carbocycles. The van der Waals surface area contributed by atoms with Gasteiger partial charge in [-0.15, -0.1) is 11.3 Å². The van der Waals surface area contributed by atoms with Gasteiger partial charge in [0.05, 0.1) is 11.2 Å². The molecule has 2 heterocycles. The number of fused-ring (bicyclic) bond motifs is 1. The van der Waals surface area contributed by atoms with Crippen molar-refractivity contribution in [1.82, 2.24) is 9.97 Å². The van der Waals surface area contributed by atoms with Crippen LogP contribution >= 0.6 is 11.3 Å². The van der Waals surface area contributed by atoms with E-state index in [1.54, 1.807) is 5.51 Å². The molecular formula is C7H4N2O2S. The summed E-state index contributed by atoms with van der Waals surface area (Å²) in [4.78, 5) is 18.3. The maximum atomic E-state index is 10.8. The highest BCUT2D eigenvalue weighted by atomic mass is 32.1. The minimum atomic E-state index is -0.636. The molecule has 0 saturated heterocycles. The largest absolute Gasteiger partial charge is 0.441 e. The predicted molar refractivity (Wildman–Crippen MR) is 46.0 cm³/mol. The fourth-order valence-corrected chi connectivity index (χ4v) is 1.57. The third-order valence-electron chi connectivity index (χ3n) is 1.36. The molecule has 0 radical (unpaired) electrons. The van der Waals surface area contributed by atoms with E-state index < -0.39 is 5.76 Å². The lowest BCUT2D eigenvalue weighted by Crippen LogP contribution is -2.04. The number of hydrogen-bond acceptors (Lipinski definition) is 5. The summed E-state index contributed by atoms with van der Waals surface area (Å²) < 4.78 is 5.48. The van der Waals surface area contributed by atoms with Gasteiger partial charge in [0.1, 0.15) is 4.70 Å². The Morgan fingerprint density at radius 3 is 3.25 bits per heavy atom. The van der Waals surface area contributed by atoms with Crippen molar-refractivity contribution < 1.29 is 4.42 Å². The van der Waals surface area contributed by atoms with Crippen LogP contribution in [0.5, 0.6) is 0 Å². The Bertz CT molecular complexity index is 485. The van der Waals surface area contributed by atoms with Gasteiger partial charge < -0.3 is 4.42 Å². The van der Waals surface area contributed by atoms with E-state index in [9.17, 15) is 4.79 Å². The SMILES string of the molecule is C=Cc1nc(=O)oc2ncsc12. The van der Waals surface area contributed by atoms with Gasteiger partial charge in [0.15, 0.2) is 0 Å². The molecule has 0 aliphatic carbocycles. The topological polar surface area (TPSA) is 56.0 Å². The summed E-state index contributed by atoms with van der Waals surface area (Å²) in [7, 11) is 0.